The van der Waals surface area contributed by atoms with Crippen molar-refractivity contribution in [2.75, 3.05) is 31.5 Å². The molecule has 170 valence electrons. The van der Waals surface area contributed by atoms with Crippen LogP contribution in [0.3, 0.4) is 0 Å². The van der Waals surface area contributed by atoms with Gasteiger partial charge in [-0.05, 0) is 18.1 Å². The number of nitrogens with zero attached hydrogens (tertiary/aromatic N) is 4. The number of carbonyl (C=O) groups excluding carboxylic acids is 2. The number of hydrogen-bond acceptors (Lipinski definition) is 7. The summed E-state index contributed by atoms with van der Waals surface area (Å²) in [7, 11) is 0. The molecular weight excluding hydrogens is 418 g/mol. The summed E-state index contributed by atoms with van der Waals surface area (Å²) in [5, 5.41) is 16.0. The smallest absolute Gasteiger partial charge is 0.264 e. The Bertz CT molecular complexity index is 1230. The van der Waals surface area contributed by atoms with E-state index < -0.39 is 5.41 Å². The predicted octanol–water partition coefficient (Wildman–Crippen LogP) is 2.69. The van der Waals surface area contributed by atoms with Crippen molar-refractivity contribution in [3.63, 3.8) is 0 Å². The summed E-state index contributed by atoms with van der Waals surface area (Å²) in [4.78, 5) is 39.2. The molecule has 1 aliphatic heterocycles. The number of piperazine rings is 1. The molecule has 1 amide bonds. The minimum Gasteiger partial charge on any atom is -0.344 e. The number of fused-ring (bicyclic) bond motifs is 1. The first-order valence-electron chi connectivity index (χ1n) is 11.0. The first-order valence-corrected chi connectivity index (χ1v) is 11.0. The molecule has 0 saturated carbocycles. The number of ketones is 1. The van der Waals surface area contributed by atoms with Gasteiger partial charge in [0.25, 0.3) is 5.91 Å². The summed E-state index contributed by atoms with van der Waals surface area (Å²) in [6, 6.07) is 2.09. The van der Waals surface area contributed by atoms with Crippen LogP contribution in [0.5, 0.6) is 0 Å². The molecule has 3 N–H and O–H groups in total. The first-order chi connectivity index (χ1) is 15.8. The van der Waals surface area contributed by atoms with Gasteiger partial charge in [-0.2, -0.15) is 5.26 Å². The summed E-state index contributed by atoms with van der Waals surface area (Å²) in [5.74, 6) is 0.277. The Morgan fingerprint density at radius 1 is 1.21 bits per heavy atom. The second kappa shape index (κ2) is 9.00. The van der Waals surface area contributed by atoms with Gasteiger partial charge in [0.2, 0.25) is 0 Å². The number of H-pyrrole nitrogens is 1. The van der Waals surface area contributed by atoms with E-state index >= 15 is 0 Å². The molecule has 4 rings (SSSR count). The van der Waals surface area contributed by atoms with Crippen LogP contribution in [-0.4, -0.2) is 57.7 Å². The number of aromatic amines is 1. The van der Waals surface area contributed by atoms with Gasteiger partial charge in [-0.1, -0.05) is 32.9 Å². The van der Waals surface area contributed by atoms with Crippen molar-refractivity contribution >= 4 is 28.7 Å². The largest absolute Gasteiger partial charge is 0.344 e. The molecule has 1 aliphatic carbocycles. The number of allylic oxidation sites excluding steroid dienone is 4. The van der Waals surface area contributed by atoms with Crippen LogP contribution in [0.1, 0.15) is 37.6 Å². The number of amides is 1. The second-order valence-electron chi connectivity index (χ2n) is 9.11. The number of aromatic nitrogens is 3. The van der Waals surface area contributed by atoms with E-state index in [1.165, 1.54) is 0 Å². The third kappa shape index (κ3) is 4.71. The van der Waals surface area contributed by atoms with Gasteiger partial charge < -0.3 is 20.5 Å². The standard InChI is InChI=1S/C24H27N7O2/c1-24(2,3)21(32)18-13-27-22-20(18)30-19(14-28-22)29-16-6-4-15(5-7-16)17(12-25)23(33)31-10-8-26-9-11-31/h4,6-7,13-14,26H,5,8-11H2,1-3H3,(H,27,28)(H,29,30). The van der Waals surface area contributed by atoms with Crippen LogP contribution < -0.4 is 10.6 Å². The Hall–Kier alpha value is -3.77. The normalized spacial score (nSPS) is 18.0. The number of nitriles is 1. The molecular formula is C24H27N7O2. The molecule has 1 saturated heterocycles. The summed E-state index contributed by atoms with van der Waals surface area (Å²) >= 11 is 0. The SMILES string of the molecule is CC(C)(C)C(=O)c1c[nH]c2ncc(NC3=CCC(=C(C#N)C(=O)N4CCNCC4)C=C3)nc12. The number of Topliss-reactive ketones (excluding diaryl/α,β-unsaturated/α-hetero) is 1. The highest BCUT2D eigenvalue weighted by atomic mass is 16.2. The number of carbonyl (C=O) groups is 2. The Morgan fingerprint density at radius 2 is 1.97 bits per heavy atom. The average molecular weight is 446 g/mol. The zero-order valence-electron chi connectivity index (χ0n) is 19.0. The van der Waals surface area contributed by atoms with Gasteiger partial charge in [-0.15, -0.1) is 0 Å². The summed E-state index contributed by atoms with van der Waals surface area (Å²) in [6.45, 7) is 8.28. The second-order valence-corrected chi connectivity index (χ2v) is 9.11. The summed E-state index contributed by atoms with van der Waals surface area (Å²) in [6.07, 6.45) is 9.20. The lowest BCUT2D eigenvalue weighted by atomic mass is 9.87. The molecule has 0 atom stereocenters. The van der Waals surface area contributed by atoms with E-state index in [1.54, 1.807) is 23.4 Å². The number of rotatable bonds is 4. The van der Waals surface area contributed by atoms with Crippen molar-refractivity contribution in [1.82, 2.24) is 25.2 Å². The molecule has 1 fully saturated rings. The van der Waals surface area contributed by atoms with E-state index in [0.717, 1.165) is 18.8 Å². The maximum atomic E-state index is 12.8. The lowest BCUT2D eigenvalue weighted by molar-refractivity contribution is -0.127. The lowest BCUT2D eigenvalue weighted by Gasteiger charge is -2.27. The fourth-order valence-corrected chi connectivity index (χ4v) is 3.78. The van der Waals surface area contributed by atoms with E-state index in [2.05, 4.69) is 31.7 Å². The molecule has 0 bridgehead atoms. The monoisotopic (exact) mass is 445 g/mol. The van der Waals surface area contributed by atoms with Gasteiger partial charge in [0.05, 0.1) is 11.8 Å². The molecule has 2 aliphatic rings. The zero-order chi connectivity index (χ0) is 23.6. The predicted molar refractivity (Wildman–Crippen MR) is 125 cm³/mol. The van der Waals surface area contributed by atoms with E-state index in [9.17, 15) is 14.9 Å². The van der Waals surface area contributed by atoms with Crippen molar-refractivity contribution in [3.05, 3.63) is 53.0 Å². The van der Waals surface area contributed by atoms with Crippen molar-refractivity contribution in [2.24, 2.45) is 5.41 Å². The van der Waals surface area contributed by atoms with Crippen molar-refractivity contribution in [1.29, 1.82) is 5.26 Å². The number of hydrogen-bond donors (Lipinski definition) is 3. The molecule has 9 nitrogen and oxygen atoms in total. The van der Waals surface area contributed by atoms with Crippen LogP contribution >= 0.6 is 0 Å². The average Bonchev–Trinajstić information content (AvgIpc) is 3.23. The third-order valence-electron chi connectivity index (χ3n) is 5.64. The highest BCUT2D eigenvalue weighted by Crippen LogP contribution is 2.26. The third-order valence-corrected chi connectivity index (χ3v) is 5.64. The molecule has 2 aromatic heterocycles. The number of anilines is 1. The van der Waals surface area contributed by atoms with Crippen LogP contribution in [-0.2, 0) is 4.79 Å². The Morgan fingerprint density at radius 3 is 2.61 bits per heavy atom. The van der Waals surface area contributed by atoms with Crippen LogP contribution in [0.4, 0.5) is 5.82 Å². The Labute approximate surface area is 192 Å². The van der Waals surface area contributed by atoms with Crippen LogP contribution in [0, 0.1) is 16.7 Å². The highest BCUT2D eigenvalue weighted by molar-refractivity contribution is 6.08. The molecule has 0 unspecified atom stereocenters. The summed E-state index contributed by atoms with van der Waals surface area (Å²) in [5.41, 5.74) is 2.71. The van der Waals surface area contributed by atoms with Crippen LogP contribution in [0.2, 0.25) is 0 Å². The molecule has 0 aromatic carbocycles. The van der Waals surface area contributed by atoms with Gasteiger partial charge in [-0.25, -0.2) is 9.97 Å². The van der Waals surface area contributed by atoms with Crippen LogP contribution in [0.15, 0.2) is 47.5 Å². The van der Waals surface area contributed by atoms with E-state index in [-0.39, 0.29) is 17.3 Å². The van der Waals surface area contributed by atoms with Crippen molar-refractivity contribution in [2.45, 2.75) is 27.2 Å². The quantitative estimate of drug-likeness (QED) is 0.375. The molecule has 3 heterocycles. The topological polar surface area (TPSA) is 127 Å². The highest BCUT2D eigenvalue weighted by Gasteiger charge is 2.27. The van der Waals surface area contributed by atoms with Crippen molar-refractivity contribution < 1.29 is 9.59 Å². The maximum Gasteiger partial charge on any atom is 0.264 e. The zero-order valence-corrected chi connectivity index (χ0v) is 19.0. The van der Waals surface area contributed by atoms with Crippen LogP contribution in [0.25, 0.3) is 11.2 Å². The Balaban J connectivity index is 1.51. The summed E-state index contributed by atoms with van der Waals surface area (Å²) < 4.78 is 0. The van der Waals surface area contributed by atoms with Gasteiger partial charge in [-0.3, -0.25) is 9.59 Å². The minimum absolute atomic E-state index is 0.00931. The number of nitrogens with one attached hydrogen (secondary N) is 3. The Kier molecular flexibility index (Phi) is 6.11. The molecule has 9 heteroatoms. The maximum absolute atomic E-state index is 12.8. The van der Waals surface area contributed by atoms with Gasteiger partial charge in [0.15, 0.2) is 11.4 Å². The van der Waals surface area contributed by atoms with Gasteiger partial charge in [0, 0.05) is 43.5 Å². The minimum atomic E-state index is -0.530. The molecule has 0 radical (unpaired) electrons. The molecule has 33 heavy (non-hydrogen) atoms. The first kappa shape index (κ1) is 22.4. The van der Waals surface area contributed by atoms with Gasteiger partial charge >= 0.3 is 0 Å². The van der Waals surface area contributed by atoms with Crippen molar-refractivity contribution in [3.8, 4) is 6.07 Å². The van der Waals surface area contributed by atoms with E-state index in [4.69, 9.17) is 0 Å². The molecule has 0 spiro atoms. The fourth-order valence-electron chi connectivity index (χ4n) is 3.78. The van der Waals surface area contributed by atoms with E-state index in [0.29, 0.717) is 47.6 Å². The fraction of sp³-hybridized carbons (Fsp3) is 0.375. The van der Waals surface area contributed by atoms with Gasteiger partial charge in [0.1, 0.15) is 23.0 Å². The lowest BCUT2D eigenvalue weighted by Crippen LogP contribution is -2.47. The van der Waals surface area contributed by atoms with E-state index in [1.807, 2.05) is 32.9 Å². The molecule has 2 aromatic rings.